The molecule has 0 aliphatic carbocycles. The third kappa shape index (κ3) is 3.67. The van der Waals surface area contributed by atoms with Crippen molar-refractivity contribution in [3.63, 3.8) is 0 Å². The summed E-state index contributed by atoms with van der Waals surface area (Å²) in [4.78, 5) is 19.6. The number of hydrogen-bond acceptors (Lipinski definition) is 5. The van der Waals surface area contributed by atoms with Crippen LogP contribution < -0.4 is 5.43 Å². The summed E-state index contributed by atoms with van der Waals surface area (Å²) in [7, 11) is 0. The molecule has 0 bridgehead atoms. The Balaban J connectivity index is 2.02. The summed E-state index contributed by atoms with van der Waals surface area (Å²) < 4.78 is 0. The van der Waals surface area contributed by atoms with Crippen molar-refractivity contribution in [3.8, 4) is 0 Å². The molecule has 2 aromatic rings. The molecule has 3 rings (SSSR count). The molecule has 0 amide bonds. The highest BCUT2D eigenvalue weighted by Crippen LogP contribution is 2.28. The van der Waals surface area contributed by atoms with E-state index >= 15 is 0 Å². The van der Waals surface area contributed by atoms with Gasteiger partial charge in [-0.15, -0.1) is 0 Å². The van der Waals surface area contributed by atoms with Gasteiger partial charge in [0, 0.05) is 16.1 Å². The molecule has 0 atom stereocenters. The third-order valence-corrected chi connectivity index (χ3v) is 3.51. The molecular weight excluding hydrogens is 328 g/mol. The van der Waals surface area contributed by atoms with Gasteiger partial charge in [-0.1, -0.05) is 41.9 Å². The Bertz CT molecular complexity index is 860. The number of nitrogens with one attached hydrogen (secondary N) is 1. The predicted molar refractivity (Wildman–Crippen MR) is 94.8 cm³/mol. The zero-order chi connectivity index (χ0) is 16.9. The van der Waals surface area contributed by atoms with Crippen molar-refractivity contribution < 1.29 is 9.90 Å². The molecule has 2 aromatic carbocycles. The van der Waals surface area contributed by atoms with Crippen molar-refractivity contribution in [1.29, 1.82) is 0 Å². The van der Waals surface area contributed by atoms with Crippen LogP contribution in [0.5, 0.6) is 0 Å². The van der Waals surface area contributed by atoms with E-state index in [0.29, 0.717) is 16.5 Å². The average Bonchev–Trinajstić information content (AvgIpc) is 2.74. The van der Waals surface area contributed by atoms with Crippen LogP contribution in [-0.4, -0.2) is 35.4 Å². The molecule has 0 saturated heterocycles. The summed E-state index contributed by atoms with van der Waals surface area (Å²) >= 11 is 6.13. The van der Waals surface area contributed by atoms with E-state index in [1.807, 2.05) is 36.4 Å². The van der Waals surface area contributed by atoms with Gasteiger partial charge in [0.25, 0.3) is 0 Å². The van der Waals surface area contributed by atoms with Crippen LogP contribution >= 0.6 is 11.6 Å². The number of hydrazone groups is 1. The van der Waals surface area contributed by atoms with Crippen LogP contribution in [0.15, 0.2) is 63.6 Å². The van der Waals surface area contributed by atoms with Gasteiger partial charge in [0.05, 0.1) is 17.9 Å². The number of fused-ring (bicyclic) bond motifs is 1. The first-order valence-corrected chi connectivity index (χ1v) is 7.50. The largest absolute Gasteiger partial charge is 0.477 e. The van der Waals surface area contributed by atoms with Crippen LogP contribution in [0.1, 0.15) is 11.1 Å². The summed E-state index contributed by atoms with van der Waals surface area (Å²) in [6, 6.07) is 15.1. The van der Waals surface area contributed by atoms with Gasteiger partial charge in [-0.2, -0.15) is 5.10 Å². The molecule has 0 spiro atoms. The van der Waals surface area contributed by atoms with E-state index < -0.39 is 5.97 Å². The SMILES string of the molecule is O=C(O)/C=N/NC1=Nc2ccc(Cl)cc2C(c2ccccc2)=NC1. The Morgan fingerprint density at radius 1 is 1.25 bits per heavy atom. The normalized spacial score (nSPS) is 13.7. The fraction of sp³-hybridized carbons (Fsp3) is 0.0588. The highest BCUT2D eigenvalue weighted by atomic mass is 35.5. The van der Waals surface area contributed by atoms with Crippen LogP contribution in [-0.2, 0) is 4.79 Å². The Kier molecular flexibility index (Phi) is 4.67. The lowest BCUT2D eigenvalue weighted by molar-refractivity contribution is -0.128. The fourth-order valence-corrected chi connectivity index (χ4v) is 2.45. The maximum Gasteiger partial charge on any atom is 0.348 e. The smallest absolute Gasteiger partial charge is 0.348 e. The lowest BCUT2D eigenvalue weighted by atomic mass is 10.0. The van der Waals surface area contributed by atoms with Crippen molar-refractivity contribution in [2.75, 3.05) is 6.54 Å². The van der Waals surface area contributed by atoms with Crippen LogP contribution in [0, 0.1) is 0 Å². The number of aliphatic carboxylic acids is 1. The highest BCUT2D eigenvalue weighted by Gasteiger charge is 2.16. The Morgan fingerprint density at radius 3 is 2.79 bits per heavy atom. The molecule has 0 aromatic heterocycles. The minimum atomic E-state index is -1.14. The number of nitrogens with zero attached hydrogens (tertiary/aromatic N) is 3. The summed E-state index contributed by atoms with van der Waals surface area (Å²) in [5, 5.41) is 12.8. The molecule has 6 nitrogen and oxygen atoms in total. The van der Waals surface area contributed by atoms with E-state index in [1.54, 1.807) is 12.1 Å². The topological polar surface area (TPSA) is 86.4 Å². The van der Waals surface area contributed by atoms with E-state index in [-0.39, 0.29) is 6.54 Å². The van der Waals surface area contributed by atoms with Crippen molar-refractivity contribution in [3.05, 3.63) is 64.7 Å². The monoisotopic (exact) mass is 340 g/mol. The van der Waals surface area contributed by atoms with E-state index in [0.717, 1.165) is 23.1 Å². The maximum absolute atomic E-state index is 10.5. The third-order valence-electron chi connectivity index (χ3n) is 3.27. The molecule has 0 unspecified atom stereocenters. The van der Waals surface area contributed by atoms with Gasteiger partial charge in [-0.3, -0.25) is 10.4 Å². The Morgan fingerprint density at radius 2 is 2.04 bits per heavy atom. The number of amidine groups is 1. The fourth-order valence-electron chi connectivity index (χ4n) is 2.28. The van der Waals surface area contributed by atoms with Crippen LogP contribution in [0.2, 0.25) is 5.02 Å². The van der Waals surface area contributed by atoms with Gasteiger partial charge in [-0.25, -0.2) is 9.79 Å². The van der Waals surface area contributed by atoms with E-state index in [4.69, 9.17) is 16.7 Å². The number of carbonyl (C=O) groups is 1. The highest BCUT2D eigenvalue weighted by molar-refractivity contribution is 6.31. The average molecular weight is 341 g/mol. The van der Waals surface area contributed by atoms with Crippen LogP contribution in [0.25, 0.3) is 0 Å². The molecule has 0 saturated carbocycles. The first-order chi connectivity index (χ1) is 11.6. The Labute approximate surface area is 143 Å². The molecule has 1 aliphatic rings. The molecule has 24 heavy (non-hydrogen) atoms. The van der Waals surface area contributed by atoms with E-state index in [9.17, 15) is 4.79 Å². The number of hydrogen-bond donors (Lipinski definition) is 2. The van der Waals surface area contributed by atoms with Gasteiger partial charge >= 0.3 is 5.97 Å². The van der Waals surface area contributed by atoms with Gasteiger partial charge in [-0.05, 0) is 18.2 Å². The lowest BCUT2D eigenvalue weighted by Crippen LogP contribution is -2.21. The van der Waals surface area contributed by atoms with Crippen molar-refractivity contribution in [2.24, 2.45) is 15.1 Å². The van der Waals surface area contributed by atoms with Crippen molar-refractivity contribution in [1.82, 2.24) is 5.43 Å². The number of carboxylic acids is 1. The van der Waals surface area contributed by atoms with Gasteiger partial charge in [0.1, 0.15) is 12.1 Å². The maximum atomic E-state index is 10.5. The number of aliphatic imine (C=N–C) groups is 2. The van der Waals surface area contributed by atoms with Gasteiger partial charge in [0.15, 0.2) is 0 Å². The molecule has 7 heteroatoms. The quantitative estimate of drug-likeness (QED) is 0.665. The number of benzene rings is 2. The van der Waals surface area contributed by atoms with Gasteiger partial charge in [0.2, 0.25) is 0 Å². The summed E-state index contributed by atoms with van der Waals surface area (Å²) in [5.41, 5.74) is 5.84. The predicted octanol–water partition coefficient (Wildman–Crippen LogP) is 2.88. The number of halogens is 1. The zero-order valence-electron chi connectivity index (χ0n) is 12.5. The van der Waals surface area contributed by atoms with Gasteiger partial charge < -0.3 is 5.11 Å². The molecule has 0 fully saturated rings. The molecule has 1 heterocycles. The number of carboxylic acid groups (broad SMARTS) is 1. The number of rotatable bonds is 3. The molecule has 2 N–H and O–H groups in total. The lowest BCUT2D eigenvalue weighted by Gasteiger charge is -2.08. The van der Waals surface area contributed by atoms with Crippen LogP contribution in [0.4, 0.5) is 5.69 Å². The second kappa shape index (κ2) is 7.06. The van der Waals surface area contributed by atoms with Crippen LogP contribution in [0.3, 0.4) is 0 Å². The zero-order valence-corrected chi connectivity index (χ0v) is 13.2. The summed E-state index contributed by atoms with van der Waals surface area (Å²) in [6.45, 7) is 0.244. The molecule has 0 radical (unpaired) electrons. The van der Waals surface area contributed by atoms with Crippen molar-refractivity contribution >= 4 is 41.0 Å². The van der Waals surface area contributed by atoms with Crippen molar-refractivity contribution in [2.45, 2.75) is 0 Å². The molecular formula is C17H13ClN4O2. The summed E-state index contributed by atoms with van der Waals surface area (Å²) in [6.07, 6.45) is 0.762. The molecule has 1 aliphatic heterocycles. The molecule has 120 valence electrons. The second-order valence-corrected chi connectivity index (χ2v) is 5.40. The van der Waals surface area contributed by atoms with E-state index in [1.165, 1.54) is 0 Å². The standard InChI is InChI=1S/C17H13ClN4O2/c18-12-6-7-14-13(8-12)17(11-4-2-1-3-5-11)19-9-15(21-14)22-20-10-16(23)24/h1-8,10H,9H2,(H,21,22)(H,23,24)/b20-10+. The Hall–Kier alpha value is -2.99. The van der Waals surface area contributed by atoms with E-state index in [2.05, 4.69) is 20.5 Å². The second-order valence-electron chi connectivity index (χ2n) is 4.96. The summed E-state index contributed by atoms with van der Waals surface area (Å²) in [5.74, 6) is -0.695. The minimum Gasteiger partial charge on any atom is -0.477 e. The first-order valence-electron chi connectivity index (χ1n) is 7.13. The first kappa shape index (κ1) is 15.9. The minimum absolute atomic E-state index is 0.244.